The van der Waals surface area contributed by atoms with Crippen LogP contribution in [0.5, 0.6) is 0 Å². The number of hydrogen-bond donors (Lipinski definition) is 3. The summed E-state index contributed by atoms with van der Waals surface area (Å²) in [6.45, 7) is 3.94. The highest BCUT2D eigenvalue weighted by Gasteiger charge is 2.32. The lowest BCUT2D eigenvalue weighted by Crippen LogP contribution is -2.30. The number of nitrogens with zero attached hydrogens (tertiary/aromatic N) is 2. The Bertz CT molecular complexity index is 1630. The van der Waals surface area contributed by atoms with Gasteiger partial charge in [-0.15, -0.1) is 0 Å². The van der Waals surface area contributed by atoms with Gasteiger partial charge >= 0.3 is 11.9 Å². The monoisotopic (exact) mass is 585 g/mol. The molecule has 1 fully saturated rings. The van der Waals surface area contributed by atoms with Gasteiger partial charge in [0, 0.05) is 18.5 Å². The number of fused-ring (bicyclic) bond motifs is 1. The second-order valence-electron chi connectivity index (χ2n) is 11.2. The van der Waals surface area contributed by atoms with Gasteiger partial charge in [0.25, 0.3) is 0 Å². The van der Waals surface area contributed by atoms with E-state index in [0.717, 1.165) is 60.2 Å². The van der Waals surface area contributed by atoms with Crippen LogP contribution < -0.4 is 5.32 Å². The van der Waals surface area contributed by atoms with Crippen LogP contribution in [0.1, 0.15) is 73.6 Å². The number of carbonyl (C=O) groups excluding carboxylic acids is 1. The highest BCUT2D eigenvalue weighted by Crippen LogP contribution is 2.35. The van der Waals surface area contributed by atoms with Crippen molar-refractivity contribution in [3.63, 3.8) is 0 Å². The molecule has 0 saturated heterocycles. The molecule has 1 amide bonds. The minimum absolute atomic E-state index is 0. The van der Waals surface area contributed by atoms with Crippen LogP contribution in [0.2, 0.25) is 0 Å². The SMILES string of the molecule is CCCCc1nc2ccc(NC(=O)CC3CCCCC3C(=O)O)cc2n1-c1ccc(-c2ccccc2)c(C(=O)O)c1C.O. The standard InChI is InChI=1S/C34H37N3O5.H2O/c1-3-4-14-30-36-27-17-15-24(35-31(38)19-23-12-8-9-13-26(23)33(39)40)20-29(27)37(30)28-18-16-25(22-10-6-5-7-11-22)32(21(28)2)34(41)42;/h5-7,10-11,15-18,20,23,26H,3-4,8-9,12-14,19H2,1-2H3,(H,35,38)(H,39,40)(H,41,42);1H2. The number of aliphatic carboxylic acids is 1. The van der Waals surface area contributed by atoms with Gasteiger partial charge in [0.15, 0.2) is 0 Å². The first-order valence-corrected chi connectivity index (χ1v) is 14.7. The molecule has 5 rings (SSSR count). The van der Waals surface area contributed by atoms with Crippen LogP contribution in [0.25, 0.3) is 27.8 Å². The fraction of sp³-hybridized carbons (Fsp3) is 0.353. The van der Waals surface area contributed by atoms with E-state index in [0.29, 0.717) is 29.7 Å². The summed E-state index contributed by atoms with van der Waals surface area (Å²) >= 11 is 0. The Morgan fingerprint density at radius 1 is 1.00 bits per heavy atom. The Morgan fingerprint density at radius 3 is 2.44 bits per heavy atom. The van der Waals surface area contributed by atoms with Crippen molar-refractivity contribution in [2.75, 3.05) is 5.32 Å². The Labute approximate surface area is 250 Å². The van der Waals surface area contributed by atoms with Crippen LogP contribution in [0.3, 0.4) is 0 Å². The zero-order valence-electron chi connectivity index (χ0n) is 24.6. The summed E-state index contributed by atoms with van der Waals surface area (Å²) in [7, 11) is 0. The summed E-state index contributed by atoms with van der Waals surface area (Å²) in [5.74, 6) is -1.86. The number of amides is 1. The van der Waals surface area contributed by atoms with E-state index >= 15 is 0 Å². The number of benzene rings is 3. The van der Waals surface area contributed by atoms with E-state index in [1.165, 1.54) is 0 Å². The van der Waals surface area contributed by atoms with Crippen molar-refractivity contribution < 1.29 is 30.1 Å². The van der Waals surface area contributed by atoms with E-state index in [-0.39, 0.29) is 29.3 Å². The van der Waals surface area contributed by atoms with Crippen molar-refractivity contribution in [2.24, 2.45) is 11.8 Å². The Morgan fingerprint density at radius 2 is 1.74 bits per heavy atom. The van der Waals surface area contributed by atoms with Crippen molar-refractivity contribution in [2.45, 2.75) is 65.2 Å². The lowest BCUT2D eigenvalue weighted by molar-refractivity contribution is -0.145. The molecule has 1 aliphatic carbocycles. The fourth-order valence-electron chi connectivity index (χ4n) is 6.28. The van der Waals surface area contributed by atoms with Gasteiger partial charge in [-0.3, -0.25) is 14.2 Å². The molecule has 1 saturated carbocycles. The van der Waals surface area contributed by atoms with Gasteiger partial charge in [-0.05, 0) is 73.1 Å². The van der Waals surface area contributed by atoms with Crippen LogP contribution in [0, 0.1) is 18.8 Å². The molecule has 1 heterocycles. The number of anilines is 1. The first kappa shape index (κ1) is 31.4. The van der Waals surface area contributed by atoms with Gasteiger partial charge in [-0.25, -0.2) is 9.78 Å². The van der Waals surface area contributed by atoms with Crippen molar-refractivity contribution in [1.29, 1.82) is 0 Å². The third-order valence-electron chi connectivity index (χ3n) is 8.41. The molecule has 43 heavy (non-hydrogen) atoms. The quantitative estimate of drug-likeness (QED) is 0.195. The van der Waals surface area contributed by atoms with E-state index in [2.05, 4.69) is 12.2 Å². The number of hydrogen-bond acceptors (Lipinski definition) is 4. The highest BCUT2D eigenvalue weighted by atomic mass is 16.4. The van der Waals surface area contributed by atoms with Gasteiger partial charge < -0.3 is 21.0 Å². The minimum atomic E-state index is -0.997. The smallest absolute Gasteiger partial charge is 0.336 e. The maximum absolute atomic E-state index is 13.0. The summed E-state index contributed by atoms with van der Waals surface area (Å²) in [4.78, 5) is 42.2. The molecule has 1 aliphatic rings. The molecular weight excluding hydrogens is 546 g/mol. The number of rotatable bonds is 10. The largest absolute Gasteiger partial charge is 0.481 e. The van der Waals surface area contributed by atoms with Crippen LogP contribution >= 0.6 is 0 Å². The zero-order valence-corrected chi connectivity index (χ0v) is 24.6. The average Bonchev–Trinajstić information content (AvgIpc) is 3.33. The van der Waals surface area contributed by atoms with E-state index in [1.807, 2.05) is 72.2 Å². The molecule has 0 radical (unpaired) electrons. The predicted molar refractivity (Wildman–Crippen MR) is 167 cm³/mol. The lowest BCUT2D eigenvalue weighted by Gasteiger charge is -2.27. The van der Waals surface area contributed by atoms with Gasteiger partial charge in [-0.2, -0.15) is 0 Å². The molecular formula is C34H39N3O6. The number of unbranched alkanes of at least 4 members (excludes halogenated alkanes) is 1. The number of imidazole rings is 1. The van der Waals surface area contributed by atoms with Crippen LogP contribution in [0.4, 0.5) is 5.69 Å². The topological polar surface area (TPSA) is 153 Å². The van der Waals surface area contributed by atoms with Gasteiger partial charge in [0.05, 0.1) is 28.2 Å². The summed E-state index contributed by atoms with van der Waals surface area (Å²) in [5, 5.41) is 22.9. The van der Waals surface area contributed by atoms with Gasteiger partial charge in [0.2, 0.25) is 5.91 Å². The van der Waals surface area contributed by atoms with E-state index < -0.39 is 17.9 Å². The number of aromatic carboxylic acids is 1. The molecule has 0 spiro atoms. The molecule has 0 aliphatic heterocycles. The number of carboxylic acids is 2. The van der Waals surface area contributed by atoms with Crippen molar-refractivity contribution in [3.05, 3.63) is 77.6 Å². The molecule has 9 nitrogen and oxygen atoms in total. The molecule has 3 aromatic carbocycles. The number of aryl methyl sites for hydroxylation is 1. The summed E-state index contributed by atoms with van der Waals surface area (Å²) in [6.07, 6.45) is 5.95. The first-order chi connectivity index (χ1) is 20.3. The highest BCUT2D eigenvalue weighted by molar-refractivity contribution is 5.99. The average molecular weight is 586 g/mol. The lowest BCUT2D eigenvalue weighted by atomic mass is 9.77. The maximum atomic E-state index is 13.0. The molecule has 0 bridgehead atoms. The predicted octanol–water partition coefficient (Wildman–Crippen LogP) is 6.44. The normalized spacial score (nSPS) is 16.4. The summed E-state index contributed by atoms with van der Waals surface area (Å²) < 4.78 is 2.01. The number of carboxylic acid groups (broad SMARTS) is 2. The Balaban J connectivity index is 0.00000423. The second-order valence-corrected chi connectivity index (χ2v) is 11.2. The molecule has 2 atom stereocenters. The third kappa shape index (κ3) is 6.62. The fourth-order valence-corrected chi connectivity index (χ4v) is 6.28. The van der Waals surface area contributed by atoms with Crippen molar-refractivity contribution in [3.8, 4) is 16.8 Å². The number of nitrogens with one attached hydrogen (secondary N) is 1. The van der Waals surface area contributed by atoms with E-state index in [4.69, 9.17) is 4.98 Å². The van der Waals surface area contributed by atoms with Crippen molar-refractivity contribution in [1.82, 2.24) is 9.55 Å². The van der Waals surface area contributed by atoms with Gasteiger partial charge in [-0.1, -0.05) is 62.6 Å². The minimum Gasteiger partial charge on any atom is -0.481 e. The Hall–Kier alpha value is -4.50. The molecule has 4 aromatic rings. The van der Waals surface area contributed by atoms with Gasteiger partial charge in [0.1, 0.15) is 5.82 Å². The zero-order chi connectivity index (χ0) is 29.8. The molecule has 2 unspecified atom stereocenters. The second kappa shape index (κ2) is 13.6. The Kier molecular flexibility index (Phi) is 9.98. The van der Waals surface area contributed by atoms with Crippen molar-refractivity contribution >= 4 is 34.6 Å². The maximum Gasteiger partial charge on any atom is 0.336 e. The summed E-state index contributed by atoms with van der Waals surface area (Å²) in [6, 6.07) is 18.8. The number of carbonyl (C=O) groups is 3. The van der Waals surface area contributed by atoms with Crippen LogP contribution in [0.15, 0.2) is 60.7 Å². The molecule has 226 valence electrons. The molecule has 1 aromatic heterocycles. The molecule has 5 N–H and O–H groups in total. The molecule has 9 heteroatoms. The summed E-state index contributed by atoms with van der Waals surface area (Å²) in [5.41, 5.74) is 5.21. The van der Waals surface area contributed by atoms with Crippen LogP contribution in [-0.4, -0.2) is 43.1 Å². The first-order valence-electron chi connectivity index (χ1n) is 14.7. The third-order valence-corrected chi connectivity index (χ3v) is 8.41. The van der Waals surface area contributed by atoms with E-state index in [9.17, 15) is 24.6 Å². The van der Waals surface area contributed by atoms with Crippen LogP contribution in [-0.2, 0) is 16.0 Å². The van der Waals surface area contributed by atoms with E-state index in [1.54, 1.807) is 0 Å². The number of aromatic nitrogens is 2.